The fraction of sp³-hybridized carbons (Fsp3) is 0.375. The molecule has 2 amide bonds. The highest BCUT2D eigenvalue weighted by Gasteiger charge is 2.31. The Morgan fingerprint density at radius 2 is 1.67 bits per heavy atom. The maximum atomic E-state index is 14.0. The molecule has 43 heavy (non-hydrogen) atoms. The highest BCUT2D eigenvalue weighted by atomic mass is 35.5. The first kappa shape index (κ1) is 34.2. The second-order valence-corrected chi connectivity index (χ2v) is 13.0. The number of sulfonamides is 1. The molecule has 0 saturated heterocycles. The van der Waals surface area contributed by atoms with Gasteiger partial charge in [-0.3, -0.25) is 13.9 Å². The minimum Gasteiger partial charge on any atom is -0.495 e. The summed E-state index contributed by atoms with van der Waals surface area (Å²) in [6.07, 6.45) is 3.35. The SMILES string of the molecule is CCCCNC(=O)[C@H](Cc1ccccc1)N(Cc1ccc(Cl)cc1Cl)C(=O)CCCN(c1ccccc1OC)S(C)(=O)=O. The number of hydrogen-bond acceptors (Lipinski definition) is 5. The summed E-state index contributed by atoms with van der Waals surface area (Å²) in [6.45, 7) is 2.66. The van der Waals surface area contributed by atoms with Crippen molar-refractivity contribution in [3.05, 3.63) is 94.0 Å². The van der Waals surface area contributed by atoms with Gasteiger partial charge in [-0.1, -0.05) is 85.1 Å². The molecule has 0 saturated carbocycles. The quantitative estimate of drug-likeness (QED) is 0.189. The lowest BCUT2D eigenvalue weighted by molar-refractivity contribution is -0.141. The Hall–Kier alpha value is -3.27. The summed E-state index contributed by atoms with van der Waals surface area (Å²) in [7, 11) is -2.20. The monoisotopic (exact) mass is 647 g/mol. The molecule has 1 atom stereocenters. The number of amides is 2. The molecule has 0 aliphatic heterocycles. The number of anilines is 1. The van der Waals surface area contributed by atoms with Crippen molar-refractivity contribution in [3.63, 3.8) is 0 Å². The molecule has 0 bridgehead atoms. The third-order valence-corrected chi connectivity index (χ3v) is 8.73. The van der Waals surface area contributed by atoms with Crippen LogP contribution in [0.1, 0.15) is 43.7 Å². The number of nitrogens with zero attached hydrogens (tertiary/aromatic N) is 2. The zero-order valence-corrected chi connectivity index (χ0v) is 27.1. The summed E-state index contributed by atoms with van der Waals surface area (Å²) < 4.78 is 32.1. The zero-order chi connectivity index (χ0) is 31.4. The minimum absolute atomic E-state index is 0.0000917. The Morgan fingerprint density at radius 1 is 0.977 bits per heavy atom. The Kier molecular flexibility index (Phi) is 13.2. The van der Waals surface area contributed by atoms with E-state index in [4.69, 9.17) is 27.9 Å². The highest BCUT2D eigenvalue weighted by Crippen LogP contribution is 2.30. The lowest BCUT2D eigenvalue weighted by Crippen LogP contribution is -2.50. The molecule has 0 fully saturated rings. The van der Waals surface area contributed by atoms with Gasteiger partial charge in [0.05, 0.1) is 19.1 Å². The summed E-state index contributed by atoms with van der Waals surface area (Å²) in [5, 5.41) is 3.83. The summed E-state index contributed by atoms with van der Waals surface area (Å²) >= 11 is 12.6. The van der Waals surface area contributed by atoms with E-state index in [1.807, 2.05) is 37.3 Å². The zero-order valence-electron chi connectivity index (χ0n) is 24.8. The first-order chi connectivity index (χ1) is 20.5. The Morgan fingerprint density at radius 3 is 2.33 bits per heavy atom. The van der Waals surface area contributed by atoms with Gasteiger partial charge in [0.2, 0.25) is 21.8 Å². The average Bonchev–Trinajstić information content (AvgIpc) is 2.98. The van der Waals surface area contributed by atoms with E-state index in [-0.39, 0.29) is 37.7 Å². The van der Waals surface area contributed by atoms with Crippen LogP contribution in [0.3, 0.4) is 0 Å². The molecule has 0 unspecified atom stereocenters. The lowest BCUT2D eigenvalue weighted by Gasteiger charge is -2.32. The molecule has 0 aliphatic rings. The normalized spacial score (nSPS) is 11.9. The van der Waals surface area contributed by atoms with E-state index in [2.05, 4.69) is 5.32 Å². The molecule has 3 rings (SSSR count). The number of unbranched alkanes of at least 4 members (excludes halogenated alkanes) is 1. The summed E-state index contributed by atoms with van der Waals surface area (Å²) in [6, 6.07) is 20.5. The smallest absolute Gasteiger partial charge is 0.243 e. The number of ether oxygens (including phenoxy) is 1. The second-order valence-electron chi connectivity index (χ2n) is 10.2. The van der Waals surface area contributed by atoms with Crippen molar-refractivity contribution in [3.8, 4) is 5.75 Å². The number of methoxy groups -OCH3 is 1. The van der Waals surface area contributed by atoms with Crippen molar-refractivity contribution in [2.45, 2.75) is 51.6 Å². The van der Waals surface area contributed by atoms with Gasteiger partial charge in [0, 0.05) is 42.5 Å². The Bertz CT molecular complexity index is 1470. The molecule has 1 N–H and O–H groups in total. The predicted octanol–water partition coefficient (Wildman–Crippen LogP) is 6.10. The van der Waals surface area contributed by atoms with Crippen molar-refractivity contribution in [2.24, 2.45) is 0 Å². The number of rotatable bonds is 16. The van der Waals surface area contributed by atoms with E-state index < -0.39 is 16.1 Å². The van der Waals surface area contributed by atoms with Crippen molar-refractivity contribution in [2.75, 3.05) is 30.8 Å². The molecule has 0 spiro atoms. The second kappa shape index (κ2) is 16.5. The largest absolute Gasteiger partial charge is 0.495 e. The number of halogens is 2. The molecule has 0 aliphatic carbocycles. The number of nitrogens with one attached hydrogen (secondary N) is 1. The van der Waals surface area contributed by atoms with Crippen molar-refractivity contribution >= 4 is 50.7 Å². The first-order valence-corrected chi connectivity index (χ1v) is 16.8. The van der Waals surface area contributed by atoms with Crippen LogP contribution in [-0.2, 0) is 32.6 Å². The number of para-hydroxylation sites is 2. The van der Waals surface area contributed by atoms with E-state index in [1.54, 1.807) is 42.5 Å². The van der Waals surface area contributed by atoms with Gasteiger partial charge in [-0.15, -0.1) is 0 Å². The van der Waals surface area contributed by atoms with E-state index >= 15 is 0 Å². The third kappa shape index (κ3) is 10.2. The molecular formula is C32H39Cl2N3O5S. The van der Waals surface area contributed by atoms with Crippen LogP contribution >= 0.6 is 23.2 Å². The number of benzene rings is 3. The van der Waals surface area contributed by atoms with Crippen LogP contribution in [0.5, 0.6) is 5.75 Å². The van der Waals surface area contributed by atoms with Crippen LogP contribution in [0.15, 0.2) is 72.8 Å². The number of hydrogen-bond donors (Lipinski definition) is 1. The average molecular weight is 649 g/mol. The van der Waals surface area contributed by atoms with Gasteiger partial charge in [-0.2, -0.15) is 0 Å². The van der Waals surface area contributed by atoms with Crippen molar-refractivity contribution < 1.29 is 22.7 Å². The first-order valence-electron chi connectivity index (χ1n) is 14.2. The number of carbonyl (C=O) groups excluding carboxylic acids is 2. The van der Waals surface area contributed by atoms with Crippen molar-refractivity contribution in [1.82, 2.24) is 10.2 Å². The standard InChI is InChI=1S/C32H39Cl2N3O5S/c1-4-5-19-35-32(39)29(21-24-12-7-6-8-13-24)36(23-25-17-18-26(33)22-27(25)34)31(38)16-11-20-37(43(3,40)41)28-14-9-10-15-30(28)42-2/h6-10,12-15,17-18,22,29H,4-5,11,16,19-21,23H2,1-3H3,(H,35,39)/t29-/m0/s1. The van der Waals surface area contributed by atoms with Crippen molar-refractivity contribution in [1.29, 1.82) is 0 Å². The maximum absolute atomic E-state index is 14.0. The van der Waals surface area contributed by atoms with E-state index in [1.165, 1.54) is 16.3 Å². The maximum Gasteiger partial charge on any atom is 0.243 e. The van der Waals surface area contributed by atoms with Crippen LogP contribution in [0.2, 0.25) is 10.0 Å². The molecule has 0 radical (unpaired) electrons. The number of carbonyl (C=O) groups is 2. The van der Waals surface area contributed by atoms with Gasteiger partial charge in [0.25, 0.3) is 0 Å². The highest BCUT2D eigenvalue weighted by molar-refractivity contribution is 7.92. The third-order valence-electron chi connectivity index (χ3n) is 6.96. The van der Waals surface area contributed by atoms with Crippen LogP contribution in [0.4, 0.5) is 5.69 Å². The van der Waals surface area contributed by atoms with E-state index in [9.17, 15) is 18.0 Å². The molecular weight excluding hydrogens is 609 g/mol. The molecule has 3 aromatic rings. The Balaban J connectivity index is 1.91. The topological polar surface area (TPSA) is 96.0 Å². The van der Waals surface area contributed by atoms with Crippen LogP contribution in [-0.4, -0.2) is 57.6 Å². The van der Waals surface area contributed by atoms with Gasteiger partial charge in [-0.25, -0.2) is 8.42 Å². The fourth-order valence-corrected chi connectivity index (χ4v) is 6.15. The van der Waals surface area contributed by atoms with Crippen LogP contribution in [0, 0.1) is 0 Å². The Labute approximate surface area is 265 Å². The molecule has 3 aromatic carbocycles. The molecule has 0 heterocycles. The molecule has 0 aromatic heterocycles. The van der Waals surface area contributed by atoms with E-state index in [0.717, 1.165) is 24.7 Å². The summed E-state index contributed by atoms with van der Waals surface area (Å²) in [5.41, 5.74) is 1.94. The molecule has 232 valence electrons. The molecule has 11 heteroatoms. The van der Waals surface area contributed by atoms with Gasteiger partial charge < -0.3 is 15.0 Å². The lowest BCUT2D eigenvalue weighted by atomic mass is 10.0. The van der Waals surface area contributed by atoms with Crippen LogP contribution in [0.25, 0.3) is 0 Å². The van der Waals surface area contributed by atoms with E-state index in [0.29, 0.717) is 40.0 Å². The predicted molar refractivity (Wildman–Crippen MR) is 173 cm³/mol. The molecule has 8 nitrogen and oxygen atoms in total. The van der Waals surface area contributed by atoms with Gasteiger partial charge in [0.1, 0.15) is 11.8 Å². The fourth-order valence-electron chi connectivity index (χ4n) is 4.71. The summed E-state index contributed by atoms with van der Waals surface area (Å²) in [5.74, 6) is -0.154. The van der Waals surface area contributed by atoms with Gasteiger partial charge >= 0.3 is 0 Å². The summed E-state index contributed by atoms with van der Waals surface area (Å²) in [4.78, 5) is 29.1. The minimum atomic E-state index is -3.68. The van der Waals surface area contributed by atoms with Gasteiger partial charge in [0.15, 0.2) is 0 Å². The van der Waals surface area contributed by atoms with Gasteiger partial charge in [-0.05, 0) is 48.2 Å². The van der Waals surface area contributed by atoms with Crippen LogP contribution < -0.4 is 14.4 Å².